The molecule has 0 spiro atoms. The maximum Gasteiger partial charge on any atom is 0.338 e. The minimum atomic E-state index is -1.03. The number of nitrogens with zero attached hydrogens (tertiary/aromatic N) is 3. The second-order valence-corrected chi connectivity index (χ2v) is 8.59. The van der Waals surface area contributed by atoms with Crippen LogP contribution in [-0.2, 0) is 19.1 Å². The van der Waals surface area contributed by atoms with E-state index in [0.717, 1.165) is 6.07 Å². The van der Waals surface area contributed by atoms with Crippen LogP contribution in [0.1, 0.15) is 16.6 Å². The first kappa shape index (κ1) is 26.2. The highest BCUT2D eigenvalue weighted by molar-refractivity contribution is 8.93. The van der Waals surface area contributed by atoms with E-state index in [1.807, 2.05) is 0 Å². The Bertz CT molecular complexity index is 1130. The Morgan fingerprint density at radius 3 is 2.88 bits per heavy atom. The van der Waals surface area contributed by atoms with Crippen LogP contribution >= 0.6 is 39.9 Å². The molecule has 1 saturated heterocycles. The first-order valence-electron chi connectivity index (χ1n) is 9.94. The second-order valence-electron chi connectivity index (χ2n) is 7.29. The highest BCUT2D eigenvalue weighted by Crippen LogP contribution is 2.37. The van der Waals surface area contributed by atoms with E-state index < -0.39 is 29.8 Å². The lowest BCUT2D eigenvalue weighted by molar-refractivity contribution is -0.149. The minimum Gasteiger partial charge on any atom is -0.480 e. The molecule has 0 amide bonds. The molecular formula is C21H21BrClFN4O5S. The number of hydrogen-bond acceptors (Lipinski definition) is 9. The maximum atomic E-state index is 13.7. The van der Waals surface area contributed by atoms with Gasteiger partial charge in [-0.1, -0.05) is 17.7 Å². The maximum absolute atomic E-state index is 13.7. The molecule has 2 atom stereocenters. The zero-order chi connectivity index (χ0) is 23.5. The number of carbonyl (C=O) groups excluding carboxylic acids is 1. The number of carboxylic acids is 1. The predicted molar refractivity (Wildman–Crippen MR) is 129 cm³/mol. The summed E-state index contributed by atoms with van der Waals surface area (Å²) in [6, 6.07) is 2.05. The molecule has 9 nitrogen and oxygen atoms in total. The number of methoxy groups -OCH3 is 1. The van der Waals surface area contributed by atoms with Gasteiger partial charge in [0, 0.05) is 40.9 Å². The van der Waals surface area contributed by atoms with Crippen LogP contribution in [0.15, 0.2) is 46.0 Å². The van der Waals surface area contributed by atoms with Gasteiger partial charge < -0.3 is 19.9 Å². The van der Waals surface area contributed by atoms with Crippen molar-refractivity contribution in [1.29, 1.82) is 0 Å². The van der Waals surface area contributed by atoms with E-state index >= 15 is 0 Å². The average molecular weight is 576 g/mol. The molecule has 1 aromatic heterocycles. The smallest absolute Gasteiger partial charge is 0.338 e. The van der Waals surface area contributed by atoms with Crippen molar-refractivity contribution in [2.75, 3.05) is 33.4 Å². The lowest BCUT2D eigenvalue weighted by Crippen LogP contribution is -2.52. The number of benzene rings is 1. The fourth-order valence-electron chi connectivity index (χ4n) is 3.73. The quantitative estimate of drug-likeness (QED) is 0.506. The summed E-state index contributed by atoms with van der Waals surface area (Å²) >= 11 is 7.67. The summed E-state index contributed by atoms with van der Waals surface area (Å²) in [7, 11) is 1.24. The summed E-state index contributed by atoms with van der Waals surface area (Å²) in [5, 5.41) is 15.2. The van der Waals surface area contributed by atoms with Crippen LogP contribution in [0.2, 0.25) is 5.02 Å². The summed E-state index contributed by atoms with van der Waals surface area (Å²) in [6.45, 7) is 0.814. The van der Waals surface area contributed by atoms with Gasteiger partial charge in [0.2, 0.25) is 0 Å². The van der Waals surface area contributed by atoms with Crippen LogP contribution in [-0.4, -0.2) is 72.2 Å². The number of amidine groups is 1. The van der Waals surface area contributed by atoms with E-state index in [1.54, 1.807) is 16.5 Å². The van der Waals surface area contributed by atoms with E-state index in [4.69, 9.17) is 21.1 Å². The number of halogens is 3. The topological polar surface area (TPSA) is 113 Å². The van der Waals surface area contributed by atoms with Crippen LogP contribution in [0.3, 0.4) is 0 Å². The summed E-state index contributed by atoms with van der Waals surface area (Å²) in [6.07, 6.45) is 1.62. The number of ether oxygens (including phenoxy) is 2. The van der Waals surface area contributed by atoms with Gasteiger partial charge in [-0.2, -0.15) is 0 Å². The molecule has 2 N–H and O–H groups in total. The molecule has 3 heterocycles. The van der Waals surface area contributed by atoms with E-state index in [0.29, 0.717) is 35.3 Å². The van der Waals surface area contributed by atoms with E-state index in [9.17, 15) is 19.1 Å². The van der Waals surface area contributed by atoms with Crippen molar-refractivity contribution in [1.82, 2.24) is 15.2 Å². The Balaban J connectivity index is 0.00000324. The second kappa shape index (κ2) is 11.4. The van der Waals surface area contributed by atoms with E-state index in [2.05, 4.69) is 15.3 Å². The van der Waals surface area contributed by atoms with Gasteiger partial charge in [0.05, 0.1) is 25.9 Å². The predicted octanol–water partition coefficient (Wildman–Crippen LogP) is 2.82. The normalized spacial score (nSPS) is 20.7. The zero-order valence-corrected chi connectivity index (χ0v) is 21.1. The molecule has 1 aromatic carbocycles. The standard InChI is InChI=1S/C21H20ClFN4O5S.BrH/c1-31-21(30)16-14(9-27-5-6-32-10-15(27)20(28)29)25-18(19-24-4-7-33-19)26-17(16)12-3-2-11(23)8-13(12)22;/h2-4,7-8,15,17H,5-6,9-10H2,1H3,(H,25,26)(H,28,29);1H. The number of morpholine rings is 1. The largest absolute Gasteiger partial charge is 0.480 e. The number of esters is 1. The van der Waals surface area contributed by atoms with Gasteiger partial charge in [-0.25, -0.2) is 14.2 Å². The number of carboxylic acid groups (broad SMARTS) is 1. The highest BCUT2D eigenvalue weighted by Gasteiger charge is 2.37. The SMILES string of the molecule is Br.COC(=O)C1=C(CN2CCOCC2C(=O)O)NC(c2nccs2)=NC1c1ccc(F)cc1Cl. The first-order valence-corrected chi connectivity index (χ1v) is 11.2. The van der Waals surface area contributed by atoms with Crippen LogP contribution in [0.5, 0.6) is 0 Å². The fourth-order valence-corrected chi connectivity index (χ4v) is 4.58. The molecule has 0 radical (unpaired) electrons. The van der Waals surface area contributed by atoms with Gasteiger partial charge >= 0.3 is 11.9 Å². The molecule has 1 fully saturated rings. The van der Waals surface area contributed by atoms with Crippen LogP contribution in [0.4, 0.5) is 4.39 Å². The van der Waals surface area contributed by atoms with Crippen LogP contribution in [0.25, 0.3) is 0 Å². The number of rotatable bonds is 6. The van der Waals surface area contributed by atoms with Gasteiger partial charge in [0.25, 0.3) is 0 Å². The molecule has 2 aliphatic rings. The Kier molecular flexibility index (Phi) is 8.77. The van der Waals surface area contributed by atoms with Gasteiger partial charge in [0.1, 0.15) is 17.9 Å². The molecule has 34 heavy (non-hydrogen) atoms. The molecule has 2 aliphatic heterocycles. The summed E-state index contributed by atoms with van der Waals surface area (Å²) < 4.78 is 24.1. The number of hydrogen-bond donors (Lipinski definition) is 2. The van der Waals surface area contributed by atoms with E-state index in [1.165, 1.54) is 30.6 Å². The highest BCUT2D eigenvalue weighted by atomic mass is 79.9. The van der Waals surface area contributed by atoms with Crippen LogP contribution < -0.4 is 5.32 Å². The van der Waals surface area contributed by atoms with Crippen LogP contribution in [0, 0.1) is 5.82 Å². The molecule has 0 bridgehead atoms. The third-order valence-electron chi connectivity index (χ3n) is 5.31. The van der Waals surface area contributed by atoms with Gasteiger partial charge in [-0.15, -0.1) is 28.3 Å². The molecule has 0 saturated carbocycles. The number of aliphatic imine (C=N–C) groups is 1. The van der Waals surface area contributed by atoms with Gasteiger partial charge in [0.15, 0.2) is 10.8 Å². The van der Waals surface area contributed by atoms with Crippen molar-refractivity contribution < 1.29 is 28.6 Å². The summed E-state index contributed by atoms with van der Waals surface area (Å²) in [5.41, 5.74) is 0.964. The molecule has 2 unspecified atom stereocenters. The molecule has 182 valence electrons. The number of aromatic nitrogens is 1. The first-order chi connectivity index (χ1) is 15.9. The van der Waals surface area contributed by atoms with Crippen molar-refractivity contribution >= 4 is 57.7 Å². The summed E-state index contributed by atoms with van der Waals surface area (Å²) in [4.78, 5) is 35.3. The molecule has 2 aromatic rings. The summed E-state index contributed by atoms with van der Waals surface area (Å²) in [5.74, 6) is -1.83. The lowest BCUT2D eigenvalue weighted by Gasteiger charge is -2.35. The average Bonchev–Trinajstić information content (AvgIpc) is 3.33. The number of carbonyl (C=O) groups is 2. The number of thiazole rings is 1. The van der Waals surface area contributed by atoms with Crippen molar-refractivity contribution in [2.45, 2.75) is 12.1 Å². The lowest BCUT2D eigenvalue weighted by atomic mass is 9.95. The van der Waals surface area contributed by atoms with Crippen molar-refractivity contribution in [3.8, 4) is 0 Å². The third kappa shape index (κ3) is 5.47. The number of aliphatic carboxylic acids is 1. The van der Waals surface area contributed by atoms with Crippen molar-refractivity contribution in [2.24, 2.45) is 4.99 Å². The van der Waals surface area contributed by atoms with Gasteiger partial charge in [-0.3, -0.25) is 14.7 Å². The van der Waals surface area contributed by atoms with Gasteiger partial charge in [-0.05, 0) is 12.1 Å². The Hall–Kier alpha value is -2.38. The monoisotopic (exact) mass is 574 g/mol. The number of nitrogens with one attached hydrogen (secondary N) is 1. The minimum absolute atomic E-state index is 0. The molecule has 0 aliphatic carbocycles. The molecule has 13 heteroatoms. The zero-order valence-electron chi connectivity index (χ0n) is 17.9. The Morgan fingerprint density at radius 1 is 1.44 bits per heavy atom. The Labute approximate surface area is 214 Å². The molecular weight excluding hydrogens is 555 g/mol. The van der Waals surface area contributed by atoms with Crippen molar-refractivity contribution in [3.63, 3.8) is 0 Å². The van der Waals surface area contributed by atoms with Crippen molar-refractivity contribution in [3.05, 3.63) is 62.5 Å². The van der Waals surface area contributed by atoms with E-state index in [-0.39, 0.29) is 40.7 Å². The Morgan fingerprint density at radius 2 is 2.24 bits per heavy atom. The third-order valence-corrected chi connectivity index (χ3v) is 6.42. The fraction of sp³-hybridized carbons (Fsp3) is 0.333. The molecule has 4 rings (SSSR count).